The number of thioether (sulfide) groups is 1. The van der Waals surface area contributed by atoms with Crippen LogP contribution in [0.25, 0.3) is 0 Å². The summed E-state index contributed by atoms with van der Waals surface area (Å²) in [6, 6.07) is 8.01. The van der Waals surface area contributed by atoms with Gasteiger partial charge in [-0.15, -0.1) is 5.10 Å². The van der Waals surface area contributed by atoms with Crippen molar-refractivity contribution >= 4 is 29.3 Å². The fraction of sp³-hybridized carbons (Fsp3) is 0.308. The molecule has 1 aromatic heterocycles. The first-order chi connectivity index (χ1) is 9.65. The quantitative estimate of drug-likeness (QED) is 0.835. The van der Waals surface area contributed by atoms with Gasteiger partial charge in [-0.05, 0) is 25.0 Å². The molecule has 2 heterocycles. The van der Waals surface area contributed by atoms with E-state index in [1.807, 2.05) is 30.0 Å². The van der Waals surface area contributed by atoms with Crippen molar-refractivity contribution in [1.82, 2.24) is 15.2 Å². The summed E-state index contributed by atoms with van der Waals surface area (Å²) >= 11 is 1.31. The summed E-state index contributed by atoms with van der Waals surface area (Å²) < 4.78 is 0. The second-order valence-electron chi connectivity index (χ2n) is 4.63. The topological polar surface area (TPSA) is 87.9 Å². The van der Waals surface area contributed by atoms with Gasteiger partial charge in [0, 0.05) is 12.2 Å². The zero-order chi connectivity index (χ0) is 14.1. The van der Waals surface area contributed by atoms with E-state index in [-0.39, 0.29) is 17.1 Å². The lowest BCUT2D eigenvalue weighted by molar-refractivity contribution is -0.117. The van der Waals surface area contributed by atoms with Gasteiger partial charge in [-0.2, -0.15) is 4.98 Å². The summed E-state index contributed by atoms with van der Waals surface area (Å²) in [7, 11) is 0. The number of H-pyrrole nitrogens is 1. The Morgan fingerprint density at radius 2 is 2.30 bits per heavy atom. The molecule has 0 saturated carbocycles. The number of nitrogens with two attached hydrogens (primary N) is 1. The molecule has 2 aromatic rings. The number of nitrogen functional groups attached to an aromatic ring is 1. The van der Waals surface area contributed by atoms with Crippen LogP contribution in [0.2, 0.25) is 0 Å². The number of hydrogen-bond donors (Lipinski definition) is 2. The molecule has 3 N–H and O–H groups in total. The number of carbonyl (C=O) groups excluding carboxylic acids is 1. The number of benzene rings is 1. The van der Waals surface area contributed by atoms with Gasteiger partial charge in [0.1, 0.15) is 0 Å². The molecular formula is C13H15N5OS. The number of carbonyl (C=O) groups is 1. The Bertz CT molecular complexity index is 641. The van der Waals surface area contributed by atoms with E-state index in [2.05, 4.69) is 21.2 Å². The van der Waals surface area contributed by atoms with Crippen LogP contribution in [0.4, 0.5) is 11.6 Å². The van der Waals surface area contributed by atoms with Crippen LogP contribution >= 0.6 is 11.8 Å². The molecule has 20 heavy (non-hydrogen) atoms. The zero-order valence-electron chi connectivity index (χ0n) is 11.0. The third-order valence-corrected chi connectivity index (χ3v) is 4.21. The molecule has 0 spiro atoms. The number of nitrogens with zero attached hydrogens (tertiary/aromatic N) is 3. The molecule has 0 fully saturated rings. The van der Waals surface area contributed by atoms with E-state index >= 15 is 0 Å². The predicted molar refractivity (Wildman–Crippen MR) is 78.6 cm³/mol. The number of fused-ring (bicyclic) bond motifs is 1. The van der Waals surface area contributed by atoms with Crippen molar-refractivity contribution in [2.24, 2.45) is 0 Å². The van der Waals surface area contributed by atoms with Gasteiger partial charge in [-0.1, -0.05) is 30.0 Å². The molecule has 6 nitrogen and oxygen atoms in total. The average molecular weight is 289 g/mol. The number of nitrogens with one attached hydrogen (secondary N) is 1. The molecular weight excluding hydrogens is 274 g/mol. The summed E-state index contributed by atoms with van der Waals surface area (Å²) in [6.07, 6.45) is 0.910. The van der Waals surface area contributed by atoms with Crippen LogP contribution in [0.3, 0.4) is 0 Å². The average Bonchev–Trinajstić information content (AvgIpc) is 3.04. The van der Waals surface area contributed by atoms with Crippen LogP contribution < -0.4 is 10.6 Å². The highest BCUT2D eigenvalue weighted by molar-refractivity contribution is 8.00. The molecule has 0 bridgehead atoms. The third kappa shape index (κ3) is 2.36. The highest BCUT2D eigenvalue weighted by Gasteiger charge is 2.28. The number of anilines is 2. The molecule has 1 atom stereocenters. The Kier molecular flexibility index (Phi) is 3.35. The molecule has 7 heteroatoms. The Balaban J connectivity index is 1.73. The fourth-order valence-corrected chi connectivity index (χ4v) is 3.10. The van der Waals surface area contributed by atoms with E-state index in [0.717, 1.165) is 18.7 Å². The minimum Gasteiger partial charge on any atom is -0.368 e. The Morgan fingerprint density at radius 1 is 1.50 bits per heavy atom. The van der Waals surface area contributed by atoms with Crippen LogP contribution in [0, 0.1) is 0 Å². The Morgan fingerprint density at radius 3 is 3.05 bits per heavy atom. The van der Waals surface area contributed by atoms with E-state index < -0.39 is 0 Å². The monoisotopic (exact) mass is 289 g/mol. The van der Waals surface area contributed by atoms with Crippen molar-refractivity contribution < 1.29 is 4.79 Å². The Labute approximate surface area is 120 Å². The van der Waals surface area contributed by atoms with E-state index in [0.29, 0.717) is 5.16 Å². The lowest BCUT2D eigenvalue weighted by Crippen LogP contribution is -2.35. The van der Waals surface area contributed by atoms with Gasteiger partial charge in [0.05, 0.1) is 5.25 Å². The third-order valence-electron chi connectivity index (χ3n) is 3.27. The standard InChI is InChI=1S/C13H15N5OS/c1-8(20-13-15-12(14)16-17-13)11(19)18-7-6-9-4-2-3-5-10(9)18/h2-5,8H,6-7H2,1H3,(H3,14,15,16,17). The minimum absolute atomic E-state index is 0.0725. The summed E-state index contributed by atoms with van der Waals surface area (Å²) in [5, 5.41) is 6.75. The first-order valence-corrected chi connectivity index (χ1v) is 7.27. The van der Waals surface area contributed by atoms with Gasteiger partial charge in [-0.25, -0.2) is 5.10 Å². The highest BCUT2D eigenvalue weighted by atomic mass is 32.2. The van der Waals surface area contributed by atoms with E-state index in [1.165, 1.54) is 17.3 Å². The van der Waals surface area contributed by atoms with Gasteiger partial charge in [0.15, 0.2) is 0 Å². The number of para-hydroxylation sites is 1. The normalized spacial score (nSPS) is 15.2. The zero-order valence-corrected chi connectivity index (χ0v) is 11.9. The summed E-state index contributed by atoms with van der Waals surface area (Å²) in [5.74, 6) is 0.335. The van der Waals surface area contributed by atoms with Gasteiger partial charge >= 0.3 is 0 Å². The van der Waals surface area contributed by atoms with E-state index in [9.17, 15) is 4.79 Å². The van der Waals surface area contributed by atoms with Crippen LogP contribution in [-0.2, 0) is 11.2 Å². The maximum absolute atomic E-state index is 12.5. The molecule has 0 aliphatic carbocycles. The predicted octanol–water partition coefficient (Wildman–Crippen LogP) is 1.46. The van der Waals surface area contributed by atoms with Crippen LogP contribution in [-0.4, -0.2) is 32.9 Å². The smallest absolute Gasteiger partial charge is 0.240 e. The van der Waals surface area contributed by atoms with E-state index in [4.69, 9.17) is 5.73 Å². The lowest BCUT2D eigenvalue weighted by atomic mass is 10.2. The van der Waals surface area contributed by atoms with Gasteiger partial charge in [-0.3, -0.25) is 4.79 Å². The van der Waals surface area contributed by atoms with Gasteiger partial charge < -0.3 is 10.6 Å². The number of aromatic nitrogens is 3. The second kappa shape index (κ2) is 5.16. The van der Waals surface area contributed by atoms with Crippen molar-refractivity contribution in [1.29, 1.82) is 0 Å². The van der Waals surface area contributed by atoms with Gasteiger partial charge in [0.2, 0.25) is 17.0 Å². The largest absolute Gasteiger partial charge is 0.368 e. The van der Waals surface area contributed by atoms with Crippen molar-refractivity contribution in [3.8, 4) is 0 Å². The molecule has 1 amide bonds. The molecule has 3 rings (SSSR count). The number of aromatic amines is 1. The first-order valence-electron chi connectivity index (χ1n) is 6.39. The molecule has 0 radical (unpaired) electrons. The SMILES string of the molecule is CC(Sc1n[nH]c(N)n1)C(=O)N1CCc2ccccc21. The molecule has 1 aliphatic rings. The fourth-order valence-electron chi connectivity index (χ4n) is 2.31. The first kappa shape index (κ1) is 13.0. The van der Waals surface area contributed by atoms with Crippen LogP contribution in [0.1, 0.15) is 12.5 Å². The summed E-state index contributed by atoms with van der Waals surface area (Å²) in [6.45, 7) is 2.60. The Hall–Kier alpha value is -2.02. The second-order valence-corrected chi connectivity index (χ2v) is 5.94. The molecule has 1 aliphatic heterocycles. The van der Waals surface area contributed by atoms with Crippen LogP contribution in [0.5, 0.6) is 0 Å². The van der Waals surface area contributed by atoms with Gasteiger partial charge in [0.25, 0.3) is 0 Å². The maximum Gasteiger partial charge on any atom is 0.240 e. The number of amides is 1. The van der Waals surface area contributed by atoms with E-state index in [1.54, 1.807) is 0 Å². The van der Waals surface area contributed by atoms with Crippen LogP contribution in [0.15, 0.2) is 29.4 Å². The summed E-state index contributed by atoms with van der Waals surface area (Å²) in [4.78, 5) is 18.4. The molecule has 1 aromatic carbocycles. The molecule has 104 valence electrons. The number of rotatable bonds is 3. The van der Waals surface area contributed by atoms with Crippen molar-refractivity contribution in [3.05, 3.63) is 29.8 Å². The number of hydrogen-bond acceptors (Lipinski definition) is 5. The summed E-state index contributed by atoms with van der Waals surface area (Å²) in [5.41, 5.74) is 7.71. The maximum atomic E-state index is 12.5. The van der Waals surface area contributed by atoms with Crippen molar-refractivity contribution in [2.75, 3.05) is 17.2 Å². The molecule has 0 saturated heterocycles. The molecule has 1 unspecified atom stereocenters. The lowest BCUT2D eigenvalue weighted by Gasteiger charge is -2.20. The highest BCUT2D eigenvalue weighted by Crippen LogP contribution is 2.30. The van der Waals surface area contributed by atoms with Crippen molar-refractivity contribution in [2.45, 2.75) is 23.8 Å². The van der Waals surface area contributed by atoms with Crippen molar-refractivity contribution in [3.63, 3.8) is 0 Å². The minimum atomic E-state index is -0.253.